The van der Waals surface area contributed by atoms with Crippen LogP contribution >= 0.6 is 11.3 Å². The molecule has 0 aliphatic carbocycles. The number of hydrogen-bond acceptors (Lipinski definition) is 6. The van der Waals surface area contributed by atoms with E-state index in [1.165, 1.54) is 16.5 Å². The number of rotatable bonds is 3. The fourth-order valence-corrected chi connectivity index (χ4v) is 3.88. The number of esters is 1. The van der Waals surface area contributed by atoms with E-state index in [0.717, 1.165) is 21.2 Å². The van der Waals surface area contributed by atoms with Crippen LogP contribution in [0.4, 0.5) is 0 Å². The highest BCUT2D eigenvalue weighted by Crippen LogP contribution is 2.36. The van der Waals surface area contributed by atoms with Crippen molar-refractivity contribution in [3.05, 3.63) is 27.8 Å². The van der Waals surface area contributed by atoms with Crippen LogP contribution in [0.25, 0.3) is 10.2 Å². The van der Waals surface area contributed by atoms with E-state index >= 15 is 0 Å². The first kappa shape index (κ1) is 14.0. The fraction of sp³-hybridized carbons (Fsp3) is 0.400. The number of aryl methyl sites for hydroxylation is 2. The molecule has 0 radical (unpaired) electrons. The molecule has 0 saturated heterocycles. The Bertz CT molecular complexity index is 749. The predicted molar refractivity (Wildman–Crippen MR) is 84.0 cm³/mol. The molecule has 2 aromatic heterocycles. The number of aliphatic imine (C=N–C) groups is 1. The van der Waals surface area contributed by atoms with E-state index in [1.54, 1.807) is 18.3 Å². The van der Waals surface area contributed by atoms with Crippen molar-refractivity contribution in [2.24, 2.45) is 4.99 Å². The van der Waals surface area contributed by atoms with Crippen LogP contribution < -0.4 is 5.32 Å². The van der Waals surface area contributed by atoms with Crippen LogP contribution in [0.3, 0.4) is 0 Å². The number of pyridine rings is 1. The van der Waals surface area contributed by atoms with Gasteiger partial charge in [0.1, 0.15) is 17.2 Å². The molecule has 110 valence electrons. The lowest BCUT2D eigenvalue weighted by Gasteiger charge is -2.04. The minimum atomic E-state index is -0.264. The normalized spacial score (nSPS) is 13.2. The van der Waals surface area contributed by atoms with Crippen molar-refractivity contribution < 1.29 is 9.53 Å². The highest BCUT2D eigenvalue weighted by atomic mass is 32.1. The lowest BCUT2D eigenvalue weighted by atomic mass is 10.1. The second kappa shape index (κ2) is 5.44. The number of hydrogen-bond donors (Lipinski definition) is 1. The molecule has 5 nitrogen and oxygen atoms in total. The van der Waals surface area contributed by atoms with Gasteiger partial charge in [0.25, 0.3) is 0 Å². The third-order valence-electron chi connectivity index (χ3n) is 3.40. The third kappa shape index (κ3) is 2.51. The topological polar surface area (TPSA) is 63.6 Å². The lowest BCUT2D eigenvalue weighted by Crippen LogP contribution is -2.30. The second-order valence-corrected chi connectivity index (χ2v) is 5.99. The Balaban J connectivity index is 1.88. The quantitative estimate of drug-likeness (QED) is 0.884. The van der Waals surface area contributed by atoms with E-state index in [-0.39, 0.29) is 12.5 Å². The maximum absolute atomic E-state index is 11.4. The van der Waals surface area contributed by atoms with Crippen molar-refractivity contribution in [2.75, 3.05) is 13.2 Å². The van der Waals surface area contributed by atoms with Crippen molar-refractivity contribution in [2.45, 2.75) is 27.3 Å². The first-order chi connectivity index (χ1) is 10.1. The molecule has 3 heterocycles. The van der Waals surface area contributed by atoms with Gasteiger partial charge >= 0.3 is 5.97 Å². The smallest absolute Gasteiger partial charge is 0.325 e. The molecule has 3 rings (SSSR count). The maximum atomic E-state index is 11.4. The van der Waals surface area contributed by atoms with E-state index in [4.69, 9.17) is 4.74 Å². The highest BCUT2D eigenvalue weighted by molar-refractivity contribution is 7.20. The predicted octanol–water partition coefficient (Wildman–Crippen LogP) is 2.33. The van der Waals surface area contributed by atoms with Gasteiger partial charge in [-0.2, -0.15) is 0 Å². The van der Waals surface area contributed by atoms with Crippen LogP contribution in [0.5, 0.6) is 0 Å². The Morgan fingerprint density at radius 3 is 3.05 bits per heavy atom. The molecule has 0 fully saturated rings. The molecule has 0 saturated carbocycles. The van der Waals surface area contributed by atoms with Gasteiger partial charge < -0.3 is 10.1 Å². The summed E-state index contributed by atoms with van der Waals surface area (Å²) in [6.45, 7) is 7.09. The summed E-state index contributed by atoms with van der Waals surface area (Å²) in [5.41, 5.74) is 3.47. The number of amidine groups is 1. The molecule has 1 aliphatic rings. The van der Waals surface area contributed by atoms with Crippen LogP contribution in [-0.4, -0.2) is 29.9 Å². The summed E-state index contributed by atoms with van der Waals surface area (Å²) in [6.07, 6.45) is 0. The Labute approximate surface area is 127 Å². The van der Waals surface area contributed by atoms with Crippen LogP contribution in [0, 0.1) is 13.8 Å². The number of aromatic nitrogens is 1. The summed E-state index contributed by atoms with van der Waals surface area (Å²) in [4.78, 5) is 22.7. The Hall–Kier alpha value is -1.95. The summed E-state index contributed by atoms with van der Waals surface area (Å²) in [5.74, 6) is 0.512. The zero-order valence-electron chi connectivity index (χ0n) is 12.3. The molecule has 0 unspecified atom stereocenters. The molecule has 0 atom stereocenters. The molecule has 1 N–H and O–H groups in total. The largest absolute Gasteiger partial charge is 0.465 e. The fourth-order valence-electron chi connectivity index (χ4n) is 2.59. The van der Waals surface area contributed by atoms with Crippen molar-refractivity contribution >= 4 is 33.4 Å². The van der Waals surface area contributed by atoms with Gasteiger partial charge in [0.2, 0.25) is 0 Å². The van der Waals surface area contributed by atoms with E-state index in [2.05, 4.69) is 28.3 Å². The highest BCUT2D eigenvalue weighted by Gasteiger charge is 2.24. The minimum Gasteiger partial charge on any atom is -0.465 e. The first-order valence-electron chi connectivity index (χ1n) is 6.94. The number of fused-ring (bicyclic) bond motifs is 3. The first-order valence-corrected chi connectivity index (χ1v) is 7.75. The molecule has 1 aliphatic heterocycles. The summed E-state index contributed by atoms with van der Waals surface area (Å²) in [7, 11) is 0. The van der Waals surface area contributed by atoms with Gasteiger partial charge in [0, 0.05) is 16.6 Å². The second-order valence-electron chi connectivity index (χ2n) is 4.99. The summed E-state index contributed by atoms with van der Waals surface area (Å²) < 4.78 is 4.92. The number of nitrogens with zero attached hydrogens (tertiary/aromatic N) is 2. The van der Waals surface area contributed by atoms with E-state index < -0.39 is 0 Å². The summed E-state index contributed by atoms with van der Waals surface area (Å²) in [5, 5.41) is 4.28. The minimum absolute atomic E-state index is 0.145. The number of nitrogens with one attached hydrogen (secondary N) is 1. The molecular weight excluding hydrogens is 286 g/mol. The van der Waals surface area contributed by atoms with E-state index in [1.807, 2.05) is 6.92 Å². The SMILES string of the molecule is CCOC(=O)CNC1=NCc2c1sc1nc(C)cc(C)c21. The van der Waals surface area contributed by atoms with Crippen LogP contribution in [0.2, 0.25) is 0 Å². The van der Waals surface area contributed by atoms with Crippen molar-refractivity contribution in [1.82, 2.24) is 10.3 Å². The van der Waals surface area contributed by atoms with Crippen molar-refractivity contribution in [3.63, 3.8) is 0 Å². The van der Waals surface area contributed by atoms with E-state index in [9.17, 15) is 4.79 Å². The van der Waals surface area contributed by atoms with Gasteiger partial charge in [-0.25, -0.2) is 4.98 Å². The van der Waals surface area contributed by atoms with Gasteiger partial charge in [0.15, 0.2) is 0 Å². The Morgan fingerprint density at radius 1 is 1.48 bits per heavy atom. The monoisotopic (exact) mass is 303 g/mol. The molecule has 6 heteroatoms. The molecule has 2 aromatic rings. The molecule has 0 bridgehead atoms. The number of ether oxygens (including phenoxy) is 1. The molecule has 21 heavy (non-hydrogen) atoms. The molecule has 0 aromatic carbocycles. The zero-order valence-corrected chi connectivity index (χ0v) is 13.1. The van der Waals surface area contributed by atoms with Gasteiger partial charge in [0.05, 0.1) is 18.0 Å². The van der Waals surface area contributed by atoms with Gasteiger partial charge in [-0.3, -0.25) is 9.79 Å². The zero-order chi connectivity index (χ0) is 15.0. The number of carbonyl (C=O) groups is 1. The van der Waals surface area contributed by atoms with Gasteiger partial charge in [-0.1, -0.05) is 0 Å². The standard InChI is InChI=1S/C15H17N3O2S/c1-4-20-11(19)7-17-14-13-10(6-16-14)12-8(2)5-9(3)18-15(12)21-13/h5H,4,6-7H2,1-3H3,(H,16,17). The molecular formula is C15H17N3O2S. The van der Waals surface area contributed by atoms with Crippen LogP contribution in [-0.2, 0) is 16.1 Å². The average Bonchev–Trinajstić information content (AvgIpc) is 2.94. The van der Waals surface area contributed by atoms with E-state index in [0.29, 0.717) is 13.2 Å². The number of thiophene rings is 1. The summed E-state index contributed by atoms with van der Waals surface area (Å²) in [6, 6.07) is 2.10. The van der Waals surface area contributed by atoms with Gasteiger partial charge in [-0.15, -0.1) is 11.3 Å². The molecule has 0 amide bonds. The third-order valence-corrected chi connectivity index (χ3v) is 4.53. The Kier molecular flexibility index (Phi) is 3.63. The van der Waals surface area contributed by atoms with Crippen LogP contribution in [0.1, 0.15) is 28.6 Å². The van der Waals surface area contributed by atoms with Crippen LogP contribution in [0.15, 0.2) is 11.1 Å². The van der Waals surface area contributed by atoms with Crippen molar-refractivity contribution in [1.29, 1.82) is 0 Å². The Morgan fingerprint density at radius 2 is 2.29 bits per heavy atom. The van der Waals surface area contributed by atoms with Gasteiger partial charge in [-0.05, 0) is 32.4 Å². The molecule has 0 spiro atoms. The van der Waals surface area contributed by atoms with Crippen molar-refractivity contribution in [3.8, 4) is 0 Å². The maximum Gasteiger partial charge on any atom is 0.325 e. The summed E-state index contributed by atoms with van der Waals surface area (Å²) >= 11 is 1.63. The number of carbonyl (C=O) groups excluding carboxylic acids is 1. The lowest BCUT2D eigenvalue weighted by molar-refractivity contribution is -0.141. The average molecular weight is 303 g/mol.